The number of amidine groups is 1. The van der Waals surface area contributed by atoms with Crippen LogP contribution < -0.4 is 9.80 Å². The second-order valence-corrected chi connectivity index (χ2v) is 8.92. The first-order valence-electron chi connectivity index (χ1n) is 10.7. The molecule has 0 spiro atoms. The average Bonchev–Trinajstić information content (AvgIpc) is 3.15. The minimum absolute atomic E-state index is 0.0701. The monoisotopic (exact) mass is 453 g/mol. The number of fused-ring (bicyclic) bond motifs is 3. The molecule has 0 unspecified atom stereocenters. The lowest BCUT2D eigenvalue weighted by Gasteiger charge is -2.38. The lowest BCUT2D eigenvalue weighted by Crippen LogP contribution is -2.55. The molecule has 0 bridgehead atoms. The van der Waals surface area contributed by atoms with Crippen molar-refractivity contribution >= 4 is 40.7 Å². The van der Waals surface area contributed by atoms with E-state index in [-0.39, 0.29) is 17.9 Å². The number of aliphatic imine (C=N–C) groups is 1. The number of morpholine rings is 1. The number of nitrogens with zero attached hydrogens (tertiary/aromatic N) is 5. The molecule has 2 aromatic rings. The number of benzene rings is 1. The van der Waals surface area contributed by atoms with Crippen molar-refractivity contribution in [2.75, 3.05) is 36.1 Å². The molecule has 1 aromatic heterocycles. The third-order valence-electron chi connectivity index (χ3n) is 6.03. The maximum atomic E-state index is 13.7. The number of halogens is 1. The van der Waals surface area contributed by atoms with Gasteiger partial charge in [0.25, 0.3) is 5.91 Å². The van der Waals surface area contributed by atoms with Crippen LogP contribution in [-0.4, -0.2) is 60.0 Å². The van der Waals surface area contributed by atoms with Gasteiger partial charge >= 0.3 is 6.03 Å². The Bertz CT molecular complexity index is 1100. The van der Waals surface area contributed by atoms with Crippen molar-refractivity contribution in [2.24, 2.45) is 10.9 Å². The Morgan fingerprint density at radius 1 is 1.16 bits per heavy atom. The molecule has 166 valence electrons. The minimum Gasteiger partial charge on any atom is -0.378 e. The summed E-state index contributed by atoms with van der Waals surface area (Å²) in [5.41, 5.74) is 3.05. The molecular formula is C23H24ClN5O3. The van der Waals surface area contributed by atoms with E-state index >= 15 is 0 Å². The molecule has 1 saturated heterocycles. The van der Waals surface area contributed by atoms with Crippen molar-refractivity contribution in [3.63, 3.8) is 0 Å². The summed E-state index contributed by atoms with van der Waals surface area (Å²) < 4.78 is 5.46. The highest BCUT2D eigenvalue weighted by Gasteiger charge is 2.48. The van der Waals surface area contributed by atoms with Crippen molar-refractivity contribution in [2.45, 2.75) is 26.4 Å². The van der Waals surface area contributed by atoms with Crippen LogP contribution in [0.4, 0.5) is 16.2 Å². The number of hydrogen-bond donors (Lipinski definition) is 0. The maximum absolute atomic E-state index is 13.7. The first kappa shape index (κ1) is 20.9. The molecule has 1 aromatic carbocycles. The number of aromatic nitrogens is 1. The van der Waals surface area contributed by atoms with Gasteiger partial charge in [-0.3, -0.25) is 14.6 Å². The van der Waals surface area contributed by atoms with Gasteiger partial charge in [-0.15, -0.1) is 0 Å². The van der Waals surface area contributed by atoms with Gasteiger partial charge in [-0.25, -0.2) is 9.78 Å². The fraction of sp³-hybridized carbons (Fsp3) is 0.391. The Morgan fingerprint density at radius 2 is 1.88 bits per heavy atom. The van der Waals surface area contributed by atoms with Gasteiger partial charge in [-0.05, 0) is 29.7 Å². The number of urea groups is 1. The molecule has 3 aliphatic rings. The van der Waals surface area contributed by atoms with E-state index in [0.717, 1.165) is 24.3 Å². The average molecular weight is 454 g/mol. The summed E-state index contributed by atoms with van der Waals surface area (Å²) >= 11 is 6.05. The first-order valence-corrected chi connectivity index (χ1v) is 11.1. The second kappa shape index (κ2) is 8.18. The highest BCUT2D eigenvalue weighted by molar-refractivity contribution is 6.30. The van der Waals surface area contributed by atoms with Crippen molar-refractivity contribution in [1.29, 1.82) is 0 Å². The van der Waals surface area contributed by atoms with Crippen LogP contribution in [0.3, 0.4) is 0 Å². The zero-order chi connectivity index (χ0) is 22.4. The van der Waals surface area contributed by atoms with E-state index in [4.69, 9.17) is 16.3 Å². The molecule has 0 saturated carbocycles. The van der Waals surface area contributed by atoms with Crippen LogP contribution in [0.1, 0.15) is 25.1 Å². The molecule has 9 heteroatoms. The van der Waals surface area contributed by atoms with Crippen LogP contribution in [0.25, 0.3) is 0 Å². The van der Waals surface area contributed by atoms with Crippen molar-refractivity contribution in [3.8, 4) is 0 Å². The SMILES string of the molecule is CC(C)[C@@H]1C(=O)N=C2c3ncc(N4CCOCC4)cc3N(Cc3ccc(Cl)cc3)C(=O)N21. The highest BCUT2D eigenvalue weighted by Crippen LogP contribution is 2.37. The zero-order valence-electron chi connectivity index (χ0n) is 18.0. The van der Waals surface area contributed by atoms with Gasteiger partial charge in [0.1, 0.15) is 11.7 Å². The summed E-state index contributed by atoms with van der Waals surface area (Å²) in [4.78, 5) is 40.7. The third kappa shape index (κ3) is 3.53. The van der Waals surface area contributed by atoms with E-state index < -0.39 is 6.04 Å². The van der Waals surface area contributed by atoms with Crippen LogP contribution in [0.15, 0.2) is 41.5 Å². The number of hydrogen-bond acceptors (Lipinski definition) is 5. The van der Waals surface area contributed by atoms with Crippen molar-refractivity contribution < 1.29 is 14.3 Å². The fourth-order valence-electron chi connectivity index (χ4n) is 4.40. The molecule has 0 radical (unpaired) electrons. The minimum atomic E-state index is -0.626. The van der Waals surface area contributed by atoms with Crippen LogP contribution in [0.5, 0.6) is 0 Å². The molecule has 3 amide bonds. The molecule has 32 heavy (non-hydrogen) atoms. The molecule has 0 N–H and O–H groups in total. The largest absolute Gasteiger partial charge is 0.378 e. The summed E-state index contributed by atoms with van der Waals surface area (Å²) in [6.07, 6.45) is 1.79. The molecule has 4 heterocycles. The van der Waals surface area contributed by atoms with Gasteiger partial charge in [0.05, 0.1) is 37.3 Å². The molecule has 3 aliphatic heterocycles. The number of carbonyl (C=O) groups is 2. The van der Waals surface area contributed by atoms with Crippen molar-refractivity contribution in [3.05, 3.63) is 52.8 Å². The quantitative estimate of drug-likeness (QED) is 0.709. The molecule has 1 fully saturated rings. The number of rotatable bonds is 4. The van der Waals surface area contributed by atoms with Gasteiger partial charge in [0.2, 0.25) is 0 Å². The van der Waals surface area contributed by atoms with E-state index in [1.807, 2.05) is 32.0 Å². The van der Waals surface area contributed by atoms with Crippen LogP contribution in [-0.2, 0) is 16.1 Å². The van der Waals surface area contributed by atoms with Crippen molar-refractivity contribution in [1.82, 2.24) is 9.88 Å². The summed E-state index contributed by atoms with van der Waals surface area (Å²) in [6, 6.07) is 8.47. The number of amides is 3. The Balaban J connectivity index is 1.60. The first-order chi connectivity index (χ1) is 15.4. The van der Waals surface area contributed by atoms with Gasteiger partial charge in [0, 0.05) is 18.1 Å². The topological polar surface area (TPSA) is 78.3 Å². The van der Waals surface area contributed by atoms with Crippen LogP contribution in [0.2, 0.25) is 5.02 Å². The molecule has 5 rings (SSSR count). The van der Waals surface area contributed by atoms with E-state index in [1.165, 1.54) is 4.90 Å². The standard InChI is InChI=1S/C23H24ClN5O3/c1-14(2)20-22(30)26-21-19-18(11-17(12-25-19)27-7-9-32-10-8-27)28(23(31)29(20)21)13-15-3-5-16(24)6-4-15/h3-6,11-12,14,20H,7-10,13H2,1-2H3/t20-/m1/s1. The zero-order valence-corrected chi connectivity index (χ0v) is 18.7. The van der Waals surface area contributed by atoms with Crippen LogP contribution in [0, 0.1) is 5.92 Å². The van der Waals surface area contributed by atoms with E-state index in [1.54, 1.807) is 23.2 Å². The summed E-state index contributed by atoms with van der Waals surface area (Å²) in [6.45, 7) is 6.98. The Labute approximate surface area is 191 Å². The fourth-order valence-corrected chi connectivity index (χ4v) is 4.53. The molecule has 0 aliphatic carbocycles. The smallest absolute Gasteiger partial charge is 0.331 e. The predicted octanol–water partition coefficient (Wildman–Crippen LogP) is 3.33. The predicted molar refractivity (Wildman–Crippen MR) is 122 cm³/mol. The molecule has 8 nitrogen and oxygen atoms in total. The van der Waals surface area contributed by atoms with Gasteiger partial charge in [-0.1, -0.05) is 37.6 Å². The molecule has 1 atom stereocenters. The number of pyridine rings is 1. The summed E-state index contributed by atoms with van der Waals surface area (Å²) in [5.74, 6) is -0.0319. The highest BCUT2D eigenvalue weighted by atomic mass is 35.5. The Morgan fingerprint density at radius 3 is 2.56 bits per heavy atom. The van der Waals surface area contributed by atoms with E-state index in [2.05, 4.69) is 14.9 Å². The lowest BCUT2D eigenvalue weighted by molar-refractivity contribution is -0.120. The number of ether oxygens (including phenoxy) is 1. The normalized spacial score (nSPS) is 20.6. The number of carbonyl (C=O) groups excluding carboxylic acids is 2. The lowest BCUT2D eigenvalue weighted by atomic mass is 10.0. The van der Waals surface area contributed by atoms with E-state index in [0.29, 0.717) is 42.0 Å². The van der Waals surface area contributed by atoms with Gasteiger partial charge in [-0.2, -0.15) is 4.99 Å². The van der Waals surface area contributed by atoms with Gasteiger partial charge in [0.15, 0.2) is 5.84 Å². The second-order valence-electron chi connectivity index (χ2n) is 8.49. The Kier molecular flexibility index (Phi) is 5.35. The van der Waals surface area contributed by atoms with Gasteiger partial charge < -0.3 is 9.64 Å². The third-order valence-corrected chi connectivity index (χ3v) is 6.28. The molecular weight excluding hydrogens is 430 g/mol. The maximum Gasteiger partial charge on any atom is 0.331 e. The van der Waals surface area contributed by atoms with Crippen LogP contribution >= 0.6 is 11.6 Å². The summed E-state index contributed by atoms with van der Waals surface area (Å²) in [7, 11) is 0. The van der Waals surface area contributed by atoms with E-state index in [9.17, 15) is 9.59 Å². The number of anilines is 2. The Hall–Kier alpha value is -2.97. The summed E-state index contributed by atoms with van der Waals surface area (Å²) in [5, 5.41) is 0.634.